The summed E-state index contributed by atoms with van der Waals surface area (Å²) < 4.78 is 9.16. The highest BCUT2D eigenvalue weighted by molar-refractivity contribution is 5.82. The van der Waals surface area contributed by atoms with Crippen LogP contribution in [-0.4, -0.2) is 40.1 Å². The van der Waals surface area contributed by atoms with Gasteiger partial charge < -0.3 is 10.5 Å². The molecule has 0 spiro atoms. The fourth-order valence-corrected chi connectivity index (χ4v) is 5.86. The van der Waals surface area contributed by atoms with Gasteiger partial charge in [0.1, 0.15) is 11.8 Å². The predicted molar refractivity (Wildman–Crippen MR) is 129 cm³/mol. The van der Waals surface area contributed by atoms with Gasteiger partial charge in [0.25, 0.3) is 0 Å². The molecule has 2 aromatic carbocycles. The van der Waals surface area contributed by atoms with E-state index < -0.39 is 11.9 Å². The van der Waals surface area contributed by atoms with E-state index in [0.717, 1.165) is 55.6 Å². The van der Waals surface area contributed by atoms with Crippen molar-refractivity contribution in [1.82, 2.24) is 14.0 Å². The largest absolute Gasteiger partial charge is 0.496 e. The number of ether oxygens (including phenoxy) is 1. The SMILES string of the molecule is COc1cccc2c1C(N1CCC(n3c(=O)n(C(C)C(N)=O)c4ccccc43)CC1)CCC2. The van der Waals surface area contributed by atoms with E-state index >= 15 is 0 Å². The highest BCUT2D eigenvalue weighted by Crippen LogP contribution is 2.42. The number of primary amides is 1. The molecule has 7 heteroatoms. The predicted octanol–water partition coefficient (Wildman–Crippen LogP) is 3.57. The van der Waals surface area contributed by atoms with E-state index in [9.17, 15) is 9.59 Å². The van der Waals surface area contributed by atoms with E-state index in [1.807, 2.05) is 28.8 Å². The maximum atomic E-state index is 13.5. The van der Waals surface area contributed by atoms with Gasteiger partial charge in [-0.2, -0.15) is 0 Å². The van der Waals surface area contributed by atoms with Gasteiger partial charge >= 0.3 is 5.69 Å². The molecule has 5 rings (SSSR count). The van der Waals surface area contributed by atoms with Crippen molar-refractivity contribution in [2.45, 2.75) is 57.2 Å². The molecule has 2 N–H and O–H groups in total. The number of hydrogen-bond donors (Lipinski definition) is 1. The van der Waals surface area contributed by atoms with Crippen LogP contribution < -0.4 is 16.2 Å². The Hall–Kier alpha value is -3.06. The second kappa shape index (κ2) is 8.71. The van der Waals surface area contributed by atoms with E-state index in [0.29, 0.717) is 6.04 Å². The number of aromatic nitrogens is 2. The Kier molecular flexibility index (Phi) is 5.74. The Morgan fingerprint density at radius 2 is 1.79 bits per heavy atom. The topological polar surface area (TPSA) is 82.5 Å². The number of piperidine rings is 1. The normalized spacial score (nSPS) is 20.5. The van der Waals surface area contributed by atoms with Crippen LogP contribution in [0, 0.1) is 0 Å². The number of nitrogens with two attached hydrogens (primary N) is 1. The molecule has 1 amide bonds. The van der Waals surface area contributed by atoms with Crippen LogP contribution in [0.15, 0.2) is 47.3 Å². The van der Waals surface area contributed by atoms with Crippen molar-refractivity contribution < 1.29 is 9.53 Å². The number of imidazole rings is 1. The summed E-state index contributed by atoms with van der Waals surface area (Å²) in [5.74, 6) is 0.485. The van der Waals surface area contributed by atoms with Crippen LogP contribution in [0.1, 0.15) is 61.9 Å². The fraction of sp³-hybridized carbons (Fsp3) is 0.462. The minimum absolute atomic E-state index is 0.0979. The molecule has 1 aliphatic carbocycles. The molecule has 7 nitrogen and oxygen atoms in total. The molecule has 1 saturated heterocycles. The Balaban J connectivity index is 1.43. The summed E-state index contributed by atoms with van der Waals surface area (Å²) in [5.41, 5.74) is 9.78. The number of para-hydroxylation sites is 2. The standard InChI is InChI=1S/C26H32N4O3/c1-17(25(27)31)29-20-9-3-4-10-21(20)30(26(29)32)19-13-15-28(16-14-19)22-11-5-7-18-8-6-12-23(33-2)24(18)22/h3-4,6,8-10,12,17,19,22H,5,7,11,13-16H2,1-2H3,(H2,27,31). The van der Waals surface area contributed by atoms with Crippen molar-refractivity contribution in [3.63, 3.8) is 0 Å². The number of methoxy groups -OCH3 is 1. The molecule has 1 aliphatic heterocycles. The van der Waals surface area contributed by atoms with Crippen molar-refractivity contribution >= 4 is 16.9 Å². The van der Waals surface area contributed by atoms with Crippen LogP contribution in [0.2, 0.25) is 0 Å². The number of carbonyl (C=O) groups excluding carboxylic acids is 1. The van der Waals surface area contributed by atoms with Crippen LogP contribution >= 0.6 is 0 Å². The highest BCUT2D eigenvalue weighted by Gasteiger charge is 2.33. The Morgan fingerprint density at radius 1 is 1.06 bits per heavy atom. The first-order valence-electron chi connectivity index (χ1n) is 11.9. The summed E-state index contributed by atoms with van der Waals surface area (Å²) in [6.07, 6.45) is 5.20. The third-order valence-electron chi connectivity index (χ3n) is 7.55. The number of rotatable bonds is 5. The van der Waals surface area contributed by atoms with Gasteiger partial charge in [0, 0.05) is 30.7 Å². The molecule has 3 aromatic rings. The van der Waals surface area contributed by atoms with Gasteiger partial charge in [-0.1, -0.05) is 24.3 Å². The molecule has 0 saturated carbocycles. The number of benzene rings is 2. The Labute approximate surface area is 193 Å². The number of amides is 1. The van der Waals surface area contributed by atoms with Crippen LogP contribution in [0.5, 0.6) is 5.75 Å². The lowest BCUT2D eigenvalue weighted by molar-refractivity contribution is -0.120. The van der Waals surface area contributed by atoms with Gasteiger partial charge in [-0.25, -0.2) is 4.79 Å². The minimum atomic E-state index is -0.685. The Morgan fingerprint density at radius 3 is 2.48 bits per heavy atom. The third-order valence-corrected chi connectivity index (χ3v) is 7.55. The molecule has 2 atom stereocenters. The monoisotopic (exact) mass is 448 g/mol. The van der Waals surface area contributed by atoms with Gasteiger partial charge in [-0.15, -0.1) is 0 Å². The summed E-state index contributed by atoms with van der Waals surface area (Å²) in [5, 5.41) is 0. The highest BCUT2D eigenvalue weighted by atomic mass is 16.5. The third kappa shape index (κ3) is 3.64. The van der Waals surface area contributed by atoms with E-state index in [2.05, 4.69) is 23.1 Å². The number of nitrogens with zero attached hydrogens (tertiary/aromatic N) is 3. The maximum Gasteiger partial charge on any atom is 0.330 e. The smallest absolute Gasteiger partial charge is 0.330 e. The van der Waals surface area contributed by atoms with E-state index in [1.165, 1.54) is 17.5 Å². The summed E-state index contributed by atoms with van der Waals surface area (Å²) in [6.45, 7) is 3.53. The van der Waals surface area contributed by atoms with Gasteiger partial charge in [0.05, 0.1) is 18.1 Å². The number of hydrogen-bond acceptors (Lipinski definition) is 4. The summed E-state index contributed by atoms with van der Waals surface area (Å²) >= 11 is 0. The second-order valence-corrected chi connectivity index (χ2v) is 9.30. The lowest BCUT2D eigenvalue weighted by Gasteiger charge is -2.41. The minimum Gasteiger partial charge on any atom is -0.496 e. The first kappa shape index (κ1) is 21.8. The van der Waals surface area contributed by atoms with E-state index in [4.69, 9.17) is 10.5 Å². The first-order valence-corrected chi connectivity index (χ1v) is 11.9. The van der Waals surface area contributed by atoms with Crippen LogP contribution in [0.25, 0.3) is 11.0 Å². The average molecular weight is 449 g/mol. The second-order valence-electron chi connectivity index (χ2n) is 9.30. The molecule has 33 heavy (non-hydrogen) atoms. The molecule has 0 bridgehead atoms. The van der Waals surface area contributed by atoms with Crippen molar-refractivity contribution in [3.05, 3.63) is 64.1 Å². The summed E-state index contributed by atoms with van der Waals surface area (Å²) in [7, 11) is 1.75. The van der Waals surface area contributed by atoms with Gasteiger partial charge in [-0.3, -0.25) is 18.8 Å². The first-order chi connectivity index (χ1) is 16.0. The molecule has 1 fully saturated rings. The number of fused-ring (bicyclic) bond motifs is 2. The van der Waals surface area contributed by atoms with Crippen LogP contribution in [-0.2, 0) is 11.2 Å². The number of carbonyl (C=O) groups is 1. The zero-order valence-electron chi connectivity index (χ0n) is 19.4. The number of aryl methyl sites for hydroxylation is 1. The zero-order chi connectivity index (χ0) is 23.1. The molecular formula is C26H32N4O3. The maximum absolute atomic E-state index is 13.5. The number of likely N-dealkylation sites (tertiary alicyclic amines) is 1. The van der Waals surface area contributed by atoms with Crippen molar-refractivity contribution in [3.8, 4) is 5.75 Å². The Bertz CT molecular complexity index is 1220. The van der Waals surface area contributed by atoms with Gasteiger partial charge in [-0.05, 0) is 62.8 Å². The van der Waals surface area contributed by atoms with Crippen molar-refractivity contribution in [2.24, 2.45) is 5.73 Å². The zero-order valence-corrected chi connectivity index (χ0v) is 19.4. The van der Waals surface area contributed by atoms with Crippen molar-refractivity contribution in [2.75, 3.05) is 20.2 Å². The average Bonchev–Trinajstić information content (AvgIpc) is 3.14. The van der Waals surface area contributed by atoms with E-state index in [1.54, 1.807) is 18.6 Å². The molecular weight excluding hydrogens is 416 g/mol. The molecule has 2 aliphatic rings. The molecule has 174 valence electrons. The molecule has 2 heterocycles. The van der Waals surface area contributed by atoms with Crippen LogP contribution in [0.4, 0.5) is 0 Å². The molecule has 0 radical (unpaired) electrons. The van der Waals surface area contributed by atoms with Crippen molar-refractivity contribution in [1.29, 1.82) is 0 Å². The molecule has 2 unspecified atom stereocenters. The lowest BCUT2D eigenvalue weighted by atomic mass is 9.85. The summed E-state index contributed by atoms with van der Waals surface area (Å²) in [4.78, 5) is 27.9. The lowest BCUT2D eigenvalue weighted by Crippen LogP contribution is -2.41. The fourth-order valence-electron chi connectivity index (χ4n) is 5.86. The van der Waals surface area contributed by atoms with Crippen LogP contribution in [0.3, 0.4) is 0 Å². The molecule has 1 aromatic heterocycles. The van der Waals surface area contributed by atoms with E-state index in [-0.39, 0.29) is 11.7 Å². The van der Waals surface area contributed by atoms with Gasteiger partial charge in [0.2, 0.25) is 5.91 Å². The quantitative estimate of drug-likeness (QED) is 0.647. The van der Waals surface area contributed by atoms with Gasteiger partial charge in [0.15, 0.2) is 0 Å². The summed E-state index contributed by atoms with van der Waals surface area (Å²) in [6, 6.07) is 13.9.